The van der Waals surface area contributed by atoms with E-state index >= 15 is 0 Å². The zero-order valence-corrected chi connectivity index (χ0v) is 38.0. The minimum Gasteiger partial charge on any atom is -0.392 e. The fourth-order valence-corrected chi connectivity index (χ4v) is 9.38. The predicted molar refractivity (Wildman–Crippen MR) is 217 cm³/mol. The van der Waals surface area contributed by atoms with Crippen LogP contribution in [0.2, 0.25) is 0 Å². The second-order valence-corrected chi connectivity index (χ2v) is 19.1. The first kappa shape index (κ1) is 50.4. The maximum absolute atomic E-state index is 10.9. The number of hydrogen-bond acceptors (Lipinski definition) is 16. The summed E-state index contributed by atoms with van der Waals surface area (Å²) in [6, 6.07) is 0. The fraction of sp³-hybridized carbons (Fsp3) is 1.00. The van der Waals surface area contributed by atoms with Crippen LogP contribution in [0.5, 0.6) is 0 Å². The molecule has 6 saturated heterocycles. The second kappa shape index (κ2) is 22.0. The van der Waals surface area contributed by atoms with Crippen LogP contribution < -0.4 is 0 Å². The summed E-state index contributed by atoms with van der Waals surface area (Å²) in [5.74, 6) is -0.971. The first-order valence-electron chi connectivity index (χ1n) is 22.8. The van der Waals surface area contributed by atoms with Gasteiger partial charge in [-0.25, -0.2) is 0 Å². The summed E-state index contributed by atoms with van der Waals surface area (Å²) in [7, 11) is 0. The van der Waals surface area contributed by atoms with E-state index in [1.165, 1.54) is 0 Å². The fourth-order valence-electron chi connectivity index (χ4n) is 9.38. The van der Waals surface area contributed by atoms with Crippen LogP contribution in [0.3, 0.4) is 0 Å². The van der Waals surface area contributed by atoms with E-state index in [0.29, 0.717) is 26.4 Å². The summed E-state index contributed by atoms with van der Waals surface area (Å²) in [4.78, 5) is 0. The standard InChI is InChI=1S/2C22H40O8/c2*1-7-15-12(4)18(25)13(5)21(28-15)30-20-17(24)11(3)9-27-22(20)29-19-14(6)26-8-10(2)16(19)23/h2*10-25H,7-9H2,1-6H3/t2*10-,11-,12-,13-,14+,15-,16+,17+,18+,19+,20-,21+,22+/m10/s1. The minimum atomic E-state index is -0.875. The van der Waals surface area contributed by atoms with Crippen LogP contribution >= 0.6 is 0 Å². The predicted octanol–water partition coefficient (Wildman–Crippen LogP) is 2.59. The highest BCUT2D eigenvalue weighted by molar-refractivity contribution is 4.93. The van der Waals surface area contributed by atoms with Crippen molar-refractivity contribution >= 4 is 0 Å². The lowest BCUT2D eigenvalue weighted by atomic mass is 9.85. The summed E-state index contributed by atoms with van der Waals surface area (Å²) in [5, 5.41) is 64.3. The lowest BCUT2D eigenvalue weighted by Crippen LogP contribution is -2.59. The van der Waals surface area contributed by atoms with E-state index in [2.05, 4.69) is 0 Å². The number of rotatable bonds is 10. The van der Waals surface area contributed by atoms with E-state index in [9.17, 15) is 30.6 Å². The van der Waals surface area contributed by atoms with Gasteiger partial charge in [-0.15, -0.1) is 0 Å². The highest BCUT2D eigenvalue weighted by atomic mass is 16.8. The third kappa shape index (κ3) is 11.2. The molecule has 0 unspecified atom stereocenters. The molecular weight excluding hydrogens is 784 g/mol. The summed E-state index contributed by atoms with van der Waals surface area (Å²) < 4.78 is 60.2. The monoisotopic (exact) mass is 865 g/mol. The van der Waals surface area contributed by atoms with Crippen molar-refractivity contribution in [2.45, 2.75) is 207 Å². The molecule has 6 fully saturated rings. The zero-order valence-electron chi connectivity index (χ0n) is 38.0. The Morgan fingerprint density at radius 1 is 0.367 bits per heavy atom. The van der Waals surface area contributed by atoms with E-state index in [1.54, 1.807) is 0 Å². The van der Waals surface area contributed by atoms with Crippen molar-refractivity contribution in [3.8, 4) is 0 Å². The number of aliphatic hydroxyl groups excluding tert-OH is 6. The molecule has 0 aromatic rings. The van der Waals surface area contributed by atoms with Crippen molar-refractivity contribution in [3.05, 3.63) is 0 Å². The van der Waals surface area contributed by atoms with Crippen molar-refractivity contribution < 1.29 is 78.0 Å². The maximum atomic E-state index is 10.9. The van der Waals surface area contributed by atoms with Crippen molar-refractivity contribution in [2.75, 3.05) is 26.4 Å². The van der Waals surface area contributed by atoms with Crippen LogP contribution in [0, 0.1) is 47.3 Å². The van der Waals surface area contributed by atoms with Gasteiger partial charge < -0.3 is 78.0 Å². The van der Waals surface area contributed by atoms with Crippen LogP contribution in [0.4, 0.5) is 0 Å². The number of hydrogen-bond donors (Lipinski definition) is 6. The SMILES string of the molecule is CC[C@@H]1O[C@H](O[C@@H]2[C@@H](O[C@H]3[C@H](O)[C@@H](C)CO[C@@H]3C)OC[C@H](C)[C@H]2O)[C@@H](C)[C@H](O)[C@H]1C.CC[C@H]1O[C@@H](O[C@H]2[C@H](O[C@@H]3[C@@H](O)[C@H](C)CO[C@H]3C)OC[C@@H](C)[C@@H]2O)[C@H](C)[C@@H](O)[C@@H]1C. The molecule has 16 heteroatoms. The molecule has 26 atom stereocenters. The molecule has 6 heterocycles. The van der Waals surface area contributed by atoms with E-state index in [-0.39, 0.29) is 71.8 Å². The van der Waals surface area contributed by atoms with Gasteiger partial charge in [-0.3, -0.25) is 0 Å². The molecule has 0 amide bonds. The Hall–Kier alpha value is -0.640. The number of aliphatic hydroxyl groups is 6. The van der Waals surface area contributed by atoms with Crippen molar-refractivity contribution in [1.29, 1.82) is 0 Å². The highest BCUT2D eigenvalue weighted by Gasteiger charge is 2.50. The molecule has 0 aromatic carbocycles. The van der Waals surface area contributed by atoms with Crippen LogP contribution in [-0.4, -0.2) is 168 Å². The minimum absolute atomic E-state index is 0.000205. The Balaban J connectivity index is 0.000000228. The lowest BCUT2D eigenvalue weighted by molar-refractivity contribution is -0.353. The first-order valence-corrected chi connectivity index (χ1v) is 22.8. The molecule has 0 aliphatic carbocycles. The van der Waals surface area contributed by atoms with E-state index in [1.807, 2.05) is 83.1 Å². The van der Waals surface area contributed by atoms with Crippen molar-refractivity contribution in [1.82, 2.24) is 0 Å². The third-order valence-electron chi connectivity index (χ3n) is 14.2. The molecule has 6 N–H and O–H groups in total. The topological polar surface area (TPSA) is 214 Å². The highest BCUT2D eigenvalue weighted by Crippen LogP contribution is 2.38. The molecule has 352 valence electrons. The van der Waals surface area contributed by atoms with Crippen molar-refractivity contribution in [2.24, 2.45) is 47.3 Å². The van der Waals surface area contributed by atoms with Gasteiger partial charge in [0.1, 0.15) is 24.4 Å². The largest absolute Gasteiger partial charge is 0.392 e. The quantitative estimate of drug-likeness (QED) is 0.186. The zero-order chi connectivity index (χ0) is 44.3. The Morgan fingerprint density at radius 2 is 0.650 bits per heavy atom. The summed E-state index contributed by atoms with van der Waals surface area (Å²) in [6.45, 7) is 24.6. The molecule has 6 aliphatic heterocycles. The molecule has 16 nitrogen and oxygen atoms in total. The van der Waals surface area contributed by atoms with E-state index in [0.717, 1.165) is 12.8 Å². The average molecular weight is 865 g/mol. The van der Waals surface area contributed by atoms with Gasteiger partial charge in [0.15, 0.2) is 25.2 Å². The van der Waals surface area contributed by atoms with E-state index < -0.39 is 86.2 Å². The lowest BCUT2D eigenvalue weighted by Gasteiger charge is -2.47. The molecule has 0 saturated carbocycles. The molecule has 0 spiro atoms. The smallest absolute Gasteiger partial charge is 0.186 e. The molecular formula is C44H80O16. The summed E-state index contributed by atoms with van der Waals surface area (Å²) in [5.41, 5.74) is 0. The Kier molecular flexibility index (Phi) is 18.5. The van der Waals surface area contributed by atoms with Gasteiger partial charge in [0.05, 0.1) is 87.5 Å². The molecule has 0 radical (unpaired) electrons. The van der Waals surface area contributed by atoms with Gasteiger partial charge in [0, 0.05) is 47.3 Å². The van der Waals surface area contributed by atoms with Gasteiger partial charge in [-0.2, -0.15) is 0 Å². The second-order valence-electron chi connectivity index (χ2n) is 19.1. The van der Waals surface area contributed by atoms with Crippen LogP contribution in [0.1, 0.15) is 95.9 Å². The van der Waals surface area contributed by atoms with Crippen LogP contribution in [0.15, 0.2) is 0 Å². The third-order valence-corrected chi connectivity index (χ3v) is 14.2. The molecule has 0 bridgehead atoms. The molecule has 0 aromatic heterocycles. The first-order chi connectivity index (χ1) is 28.3. The van der Waals surface area contributed by atoms with Crippen LogP contribution in [-0.2, 0) is 47.4 Å². The van der Waals surface area contributed by atoms with E-state index in [4.69, 9.17) is 47.4 Å². The maximum Gasteiger partial charge on any atom is 0.186 e. The Bertz CT molecular complexity index is 1180. The Morgan fingerprint density at radius 3 is 0.967 bits per heavy atom. The molecule has 60 heavy (non-hydrogen) atoms. The number of ether oxygens (including phenoxy) is 10. The van der Waals surface area contributed by atoms with Crippen LogP contribution in [0.25, 0.3) is 0 Å². The van der Waals surface area contributed by atoms with Gasteiger partial charge in [-0.1, -0.05) is 69.2 Å². The normalized spacial score (nSPS) is 52.9. The Labute approximate surface area is 357 Å². The summed E-state index contributed by atoms with van der Waals surface area (Å²) in [6.07, 6.45) is -9.51. The summed E-state index contributed by atoms with van der Waals surface area (Å²) >= 11 is 0. The van der Waals surface area contributed by atoms with Gasteiger partial charge >= 0.3 is 0 Å². The van der Waals surface area contributed by atoms with Gasteiger partial charge in [-0.05, 0) is 26.7 Å². The van der Waals surface area contributed by atoms with Gasteiger partial charge in [0.2, 0.25) is 0 Å². The van der Waals surface area contributed by atoms with Crippen molar-refractivity contribution in [3.63, 3.8) is 0 Å². The molecule has 6 aliphatic rings. The average Bonchev–Trinajstić information content (AvgIpc) is 3.23. The van der Waals surface area contributed by atoms with Gasteiger partial charge in [0.25, 0.3) is 0 Å². The molecule has 6 rings (SSSR count).